The molecule has 0 amide bonds. The zero-order chi connectivity index (χ0) is 18.4. The minimum Gasteiger partial charge on any atom is -0.497 e. The summed E-state index contributed by atoms with van der Waals surface area (Å²) in [6, 6.07) is 10.5. The molecule has 1 unspecified atom stereocenters. The summed E-state index contributed by atoms with van der Waals surface area (Å²) in [5.74, 6) is 2.28. The highest BCUT2D eigenvalue weighted by Gasteiger charge is 2.25. The van der Waals surface area contributed by atoms with Crippen molar-refractivity contribution in [2.75, 3.05) is 17.7 Å². The summed E-state index contributed by atoms with van der Waals surface area (Å²) in [6.45, 7) is 2.62. The number of aryl methyl sites for hydroxylation is 1. The molecule has 6 heteroatoms. The molecule has 1 saturated carbocycles. The molecule has 2 atom stereocenters. The molecule has 136 valence electrons. The standard InChI is InChI=1S/C20H25N5O/c1-14-12-22-20(23-13-15-7-9-17(26-2)10-8-15)25-19(14)24-18-6-4-3-5-16(18)11-21/h7-10,12,16,18H,3-6,13H2,1-2H3,(H2,22,23,24,25)/t16-,18?/m1/s1. The summed E-state index contributed by atoms with van der Waals surface area (Å²) in [6.07, 6.45) is 6.07. The molecule has 26 heavy (non-hydrogen) atoms. The van der Waals surface area contributed by atoms with Crippen LogP contribution < -0.4 is 15.4 Å². The summed E-state index contributed by atoms with van der Waals surface area (Å²) >= 11 is 0. The lowest BCUT2D eigenvalue weighted by atomic mass is 9.85. The van der Waals surface area contributed by atoms with Crippen molar-refractivity contribution in [3.63, 3.8) is 0 Å². The van der Waals surface area contributed by atoms with Gasteiger partial charge in [-0.3, -0.25) is 0 Å². The van der Waals surface area contributed by atoms with E-state index >= 15 is 0 Å². The van der Waals surface area contributed by atoms with Crippen molar-refractivity contribution in [2.45, 2.75) is 45.2 Å². The molecule has 1 aromatic heterocycles. The van der Waals surface area contributed by atoms with Crippen molar-refractivity contribution >= 4 is 11.8 Å². The van der Waals surface area contributed by atoms with Crippen molar-refractivity contribution in [1.82, 2.24) is 9.97 Å². The van der Waals surface area contributed by atoms with Crippen LogP contribution in [0.25, 0.3) is 0 Å². The van der Waals surface area contributed by atoms with E-state index in [-0.39, 0.29) is 12.0 Å². The maximum Gasteiger partial charge on any atom is 0.224 e. The van der Waals surface area contributed by atoms with Crippen molar-refractivity contribution in [2.24, 2.45) is 5.92 Å². The van der Waals surface area contributed by atoms with Gasteiger partial charge in [-0.1, -0.05) is 25.0 Å². The monoisotopic (exact) mass is 351 g/mol. The highest BCUT2D eigenvalue weighted by molar-refractivity contribution is 5.47. The molecule has 1 fully saturated rings. The molecule has 0 aliphatic heterocycles. The second-order valence-corrected chi connectivity index (χ2v) is 6.70. The van der Waals surface area contributed by atoms with Gasteiger partial charge >= 0.3 is 0 Å². The molecule has 6 nitrogen and oxygen atoms in total. The van der Waals surface area contributed by atoms with Crippen LogP contribution in [0.2, 0.25) is 0 Å². The summed E-state index contributed by atoms with van der Waals surface area (Å²) in [5.41, 5.74) is 2.11. The second kappa shape index (κ2) is 8.52. The number of hydrogen-bond donors (Lipinski definition) is 2. The number of hydrogen-bond acceptors (Lipinski definition) is 6. The van der Waals surface area contributed by atoms with E-state index in [0.717, 1.165) is 48.4 Å². The van der Waals surface area contributed by atoms with E-state index in [9.17, 15) is 5.26 Å². The Balaban J connectivity index is 1.65. The van der Waals surface area contributed by atoms with Crippen LogP contribution in [0.4, 0.5) is 11.8 Å². The number of ether oxygens (including phenoxy) is 1. The molecule has 0 spiro atoms. The summed E-state index contributed by atoms with van der Waals surface area (Å²) in [4.78, 5) is 8.98. The Bertz CT molecular complexity index is 769. The normalized spacial score (nSPS) is 19.4. The summed E-state index contributed by atoms with van der Waals surface area (Å²) < 4.78 is 5.17. The highest BCUT2D eigenvalue weighted by atomic mass is 16.5. The number of benzene rings is 1. The van der Waals surface area contributed by atoms with E-state index in [4.69, 9.17) is 4.74 Å². The minimum atomic E-state index is 0.0498. The number of nitriles is 1. The third-order valence-electron chi connectivity index (χ3n) is 4.84. The molecule has 1 aliphatic carbocycles. The molecule has 2 N–H and O–H groups in total. The Kier molecular flexibility index (Phi) is 5.90. The van der Waals surface area contributed by atoms with Gasteiger partial charge in [0.25, 0.3) is 0 Å². The van der Waals surface area contributed by atoms with Crippen LogP contribution in [-0.4, -0.2) is 23.1 Å². The number of nitrogens with zero attached hydrogens (tertiary/aromatic N) is 3. The Morgan fingerprint density at radius 2 is 2.00 bits per heavy atom. The van der Waals surface area contributed by atoms with Gasteiger partial charge in [-0.15, -0.1) is 0 Å². The summed E-state index contributed by atoms with van der Waals surface area (Å²) in [7, 11) is 1.66. The third-order valence-corrected chi connectivity index (χ3v) is 4.84. The van der Waals surface area contributed by atoms with Crippen LogP contribution in [0.1, 0.15) is 36.8 Å². The number of anilines is 2. The van der Waals surface area contributed by atoms with Gasteiger partial charge in [-0.25, -0.2) is 4.98 Å². The highest BCUT2D eigenvalue weighted by Crippen LogP contribution is 2.27. The first kappa shape index (κ1) is 18.0. The van der Waals surface area contributed by atoms with Crippen molar-refractivity contribution < 1.29 is 4.74 Å². The van der Waals surface area contributed by atoms with Gasteiger partial charge in [0.15, 0.2) is 0 Å². The van der Waals surface area contributed by atoms with Gasteiger partial charge in [0, 0.05) is 24.3 Å². The largest absolute Gasteiger partial charge is 0.497 e. The Morgan fingerprint density at radius 3 is 2.73 bits per heavy atom. The Morgan fingerprint density at radius 1 is 1.23 bits per heavy atom. The number of aromatic nitrogens is 2. The predicted molar refractivity (Wildman–Crippen MR) is 102 cm³/mol. The second-order valence-electron chi connectivity index (χ2n) is 6.70. The van der Waals surface area contributed by atoms with Gasteiger partial charge in [-0.05, 0) is 37.5 Å². The summed E-state index contributed by atoms with van der Waals surface area (Å²) in [5, 5.41) is 16.1. The molecule has 2 aromatic rings. The van der Waals surface area contributed by atoms with E-state index < -0.39 is 0 Å². The van der Waals surface area contributed by atoms with E-state index in [1.54, 1.807) is 7.11 Å². The van der Waals surface area contributed by atoms with Crippen molar-refractivity contribution in [3.8, 4) is 11.8 Å². The molecule has 1 heterocycles. The lowest BCUT2D eigenvalue weighted by molar-refractivity contribution is 0.388. The number of methoxy groups -OCH3 is 1. The topological polar surface area (TPSA) is 82.9 Å². The van der Waals surface area contributed by atoms with Crippen molar-refractivity contribution in [3.05, 3.63) is 41.6 Å². The molecule has 3 rings (SSSR count). The van der Waals surface area contributed by atoms with Gasteiger partial charge in [0.1, 0.15) is 11.6 Å². The van der Waals surface area contributed by atoms with Gasteiger partial charge < -0.3 is 15.4 Å². The predicted octanol–water partition coefficient (Wildman–Crippen LogP) is 3.90. The van der Waals surface area contributed by atoms with E-state index in [1.165, 1.54) is 0 Å². The van der Waals surface area contributed by atoms with Crippen LogP contribution in [0.3, 0.4) is 0 Å². The molecular formula is C20H25N5O. The van der Waals surface area contributed by atoms with Crippen LogP contribution in [-0.2, 0) is 6.54 Å². The van der Waals surface area contributed by atoms with E-state index in [0.29, 0.717) is 12.5 Å². The van der Waals surface area contributed by atoms with Crippen LogP contribution in [0, 0.1) is 24.2 Å². The fourth-order valence-corrected chi connectivity index (χ4v) is 3.23. The van der Waals surface area contributed by atoms with Crippen molar-refractivity contribution in [1.29, 1.82) is 5.26 Å². The first-order chi connectivity index (χ1) is 12.7. The third kappa shape index (κ3) is 4.42. The fraction of sp³-hybridized carbons (Fsp3) is 0.450. The lowest BCUT2D eigenvalue weighted by Crippen LogP contribution is -2.32. The van der Waals surface area contributed by atoms with Gasteiger partial charge in [0.05, 0.1) is 19.1 Å². The Hall–Kier alpha value is -2.81. The quantitative estimate of drug-likeness (QED) is 0.821. The molecule has 1 aliphatic rings. The van der Waals surface area contributed by atoms with Crippen LogP contribution in [0.15, 0.2) is 30.5 Å². The van der Waals surface area contributed by atoms with E-state index in [2.05, 4.69) is 26.7 Å². The van der Waals surface area contributed by atoms with Crippen LogP contribution in [0.5, 0.6) is 5.75 Å². The average Bonchev–Trinajstić information content (AvgIpc) is 2.69. The fourth-order valence-electron chi connectivity index (χ4n) is 3.23. The molecule has 0 saturated heterocycles. The van der Waals surface area contributed by atoms with Gasteiger partial charge in [-0.2, -0.15) is 10.2 Å². The maximum absolute atomic E-state index is 9.37. The SMILES string of the molecule is COc1ccc(CNc2ncc(C)c(NC3CCCC[C@@H]3C#N)n2)cc1. The first-order valence-electron chi connectivity index (χ1n) is 9.06. The molecular weight excluding hydrogens is 326 g/mol. The smallest absolute Gasteiger partial charge is 0.224 e. The van der Waals surface area contributed by atoms with E-state index in [1.807, 2.05) is 37.4 Å². The van der Waals surface area contributed by atoms with Gasteiger partial charge in [0.2, 0.25) is 5.95 Å². The van der Waals surface area contributed by atoms with Crippen LogP contribution >= 0.6 is 0 Å². The molecule has 0 bridgehead atoms. The number of rotatable bonds is 6. The zero-order valence-corrected chi connectivity index (χ0v) is 15.3. The first-order valence-corrected chi connectivity index (χ1v) is 9.06. The number of nitrogens with one attached hydrogen (secondary N) is 2. The molecule has 1 aromatic carbocycles. The average molecular weight is 351 g/mol. The lowest BCUT2D eigenvalue weighted by Gasteiger charge is -2.28. The molecule has 0 radical (unpaired) electrons. The zero-order valence-electron chi connectivity index (χ0n) is 15.3. The Labute approximate surface area is 154 Å². The minimum absolute atomic E-state index is 0.0498. The maximum atomic E-state index is 9.37.